The van der Waals surface area contributed by atoms with Gasteiger partial charge in [-0.2, -0.15) is 0 Å². The first kappa shape index (κ1) is 13.9. The Labute approximate surface area is 103 Å². The highest BCUT2D eigenvalue weighted by Gasteiger charge is 2.12. The molecule has 0 unspecified atom stereocenters. The number of rotatable bonds is 5. The van der Waals surface area contributed by atoms with Crippen LogP contribution < -0.4 is 10.9 Å². The Bertz CT molecular complexity index is 522. The van der Waals surface area contributed by atoms with Crippen molar-refractivity contribution in [1.29, 1.82) is 0 Å². The lowest BCUT2D eigenvalue weighted by Gasteiger charge is -2.06. The molecule has 0 aliphatic heterocycles. The Morgan fingerprint density at radius 1 is 1.44 bits per heavy atom. The van der Waals surface area contributed by atoms with Gasteiger partial charge in [0, 0.05) is 17.7 Å². The van der Waals surface area contributed by atoms with E-state index in [1.165, 1.54) is 0 Å². The van der Waals surface area contributed by atoms with Gasteiger partial charge < -0.3 is 15.4 Å². The van der Waals surface area contributed by atoms with Gasteiger partial charge in [0.25, 0.3) is 5.56 Å². The van der Waals surface area contributed by atoms with E-state index in [9.17, 15) is 14.4 Å². The van der Waals surface area contributed by atoms with Gasteiger partial charge in [0.15, 0.2) is 0 Å². The normalized spacial score (nSPS) is 10.1. The zero-order valence-corrected chi connectivity index (χ0v) is 10.2. The standard InChI is InChI=1S/C11H15N3O4/c1-3-8-13-6(2)7(11(18)14-8)4-9(15)12-5-10(16)17/h3-5H2,1-2H3,(H,12,15)(H,16,17)(H,13,14,18). The maximum atomic E-state index is 11.7. The number of amides is 1. The summed E-state index contributed by atoms with van der Waals surface area (Å²) < 4.78 is 0. The van der Waals surface area contributed by atoms with Crippen molar-refractivity contribution in [3.8, 4) is 0 Å². The highest BCUT2D eigenvalue weighted by molar-refractivity contribution is 5.82. The van der Waals surface area contributed by atoms with Crippen molar-refractivity contribution in [2.45, 2.75) is 26.7 Å². The molecule has 0 spiro atoms. The Kier molecular flexibility index (Phi) is 4.59. The van der Waals surface area contributed by atoms with Gasteiger partial charge in [0.05, 0.1) is 6.42 Å². The van der Waals surface area contributed by atoms with Gasteiger partial charge in [-0.3, -0.25) is 14.4 Å². The molecule has 7 heteroatoms. The Morgan fingerprint density at radius 2 is 2.11 bits per heavy atom. The largest absolute Gasteiger partial charge is 0.480 e. The summed E-state index contributed by atoms with van der Waals surface area (Å²) >= 11 is 0. The second-order valence-corrected chi connectivity index (χ2v) is 3.78. The van der Waals surface area contributed by atoms with Crippen LogP contribution in [0.3, 0.4) is 0 Å². The van der Waals surface area contributed by atoms with Gasteiger partial charge in [-0.1, -0.05) is 6.92 Å². The number of aryl methyl sites for hydroxylation is 2. The smallest absolute Gasteiger partial charge is 0.322 e. The van der Waals surface area contributed by atoms with Crippen LogP contribution >= 0.6 is 0 Å². The van der Waals surface area contributed by atoms with E-state index in [1.807, 2.05) is 6.92 Å². The molecule has 0 radical (unpaired) electrons. The molecule has 0 fully saturated rings. The maximum absolute atomic E-state index is 11.7. The molecule has 1 amide bonds. The van der Waals surface area contributed by atoms with Crippen LogP contribution in [0.15, 0.2) is 4.79 Å². The number of nitrogens with zero attached hydrogens (tertiary/aromatic N) is 1. The van der Waals surface area contributed by atoms with Crippen LogP contribution in [0.5, 0.6) is 0 Å². The topological polar surface area (TPSA) is 112 Å². The fourth-order valence-corrected chi connectivity index (χ4v) is 1.44. The average Bonchev–Trinajstić information content (AvgIpc) is 2.30. The Balaban J connectivity index is 2.82. The molecule has 3 N–H and O–H groups in total. The molecule has 7 nitrogen and oxygen atoms in total. The zero-order valence-electron chi connectivity index (χ0n) is 10.2. The third kappa shape index (κ3) is 3.69. The number of hydrogen-bond donors (Lipinski definition) is 3. The van der Waals surface area contributed by atoms with Gasteiger partial charge >= 0.3 is 5.97 Å². The lowest BCUT2D eigenvalue weighted by molar-refractivity contribution is -0.137. The van der Waals surface area contributed by atoms with Crippen molar-refractivity contribution < 1.29 is 14.7 Å². The average molecular weight is 253 g/mol. The third-order valence-corrected chi connectivity index (χ3v) is 2.38. The molecule has 1 aromatic rings. The summed E-state index contributed by atoms with van der Waals surface area (Å²) in [5.41, 5.74) is 0.390. The van der Waals surface area contributed by atoms with E-state index in [0.717, 1.165) is 0 Å². The molecule has 98 valence electrons. The van der Waals surface area contributed by atoms with E-state index in [-0.39, 0.29) is 17.5 Å². The molecule has 1 aromatic heterocycles. The summed E-state index contributed by atoms with van der Waals surface area (Å²) in [5.74, 6) is -1.09. The second-order valence-electron chi connectivity index (χ2n) is 3.78. The van der Waals surface area contributed by atoms with Crippen molar-refractivity contribution >= 4 is 11.9 Å². The molecule has 18 heavy (non-hydrogen) atoms. The highest BCUT2D eigenvalue weighted by Crippen LogP contribution is 2.00. The predicted molar refractivity (Wildman–Crippen MR) is 63.3 cm³/mol. The maximum Gasteiger partial charge on any atom is 0.322 e. The van der Waals surface area contributed by atoms with E-state index >= 15 is 0 Å². The van der Waals surface area contributed by atoms with E-state index in [4.69, 9.17) is 5.11 Å². The summed E-state index contributed by atoms with van der Waals surface area (Å²) in [4.78, 5) is 40.1. The number of H-pyrrole nitrogens is 1. The number of carboxylic acid groups (broad SMARTS) is 1. The number of carbonyl (C=O) groups is 2. The molecule has 0 saturated carbocycles. The summed E-state index contributed by atoms with van der Waals surface area (Å²) in [6, 6.07) is 0. The quantitative estimate of drug-likeness (QED) is 0.647. The summed E-state index contributed by atoms with van der Waals surface area (Å²) in [5, 5.41) is 10.6. The minimum absolute atomic E-state index is 0.175. The molecule has 0 atom stereocenters. The number of aromatic nitrogens is 2. The summed E-state index contributed by atoms with van der Waals surface area (Å²) in [7, 11) is 0. The van der Waals surface area contributed by atoms with Crippen LogP contribution in [0.1, 0.15) is 24.0 Å². The minimum Gasteiger partial charge on any atom is -0.480 e. The van der Waals surface area contributed by atoms with Crippen molar-refractivity contribution in [1.82, 2.24) is 15.3 Å². The van der Waals surface area contributed by atoms with Crippen molar-refractivity contribution in [3.63, 3.8) is 0 Å². The number of hydrogen-bond acceptors (Lipinski definition) is 4. The van der Waals surface area contributed by atoms with Gasteiger partial charge in [-0.05, 0) is 6.92 Å². The molecule has 0 aliphatic rings. The first-order valence-corrected chi connectivity index (χ1v) is 5.51. The molecule has 0 bridgehead atoms. The Morgan fingerprint density at radius 3 is 2.61 bits per heavy atom. The number of aliphatic carboxylic acids is 1. The number of aromatic amines is 1. The minimum atomic E-state index is -1.13. The zero-order chi connectivity index (χ0) is 13.7. The Hall–Kier alpha value is -2.18. The highest BCUT2D eigenvalue weighted by atomic mass is 16.4. The second kappa shape index (κ2) is 5.95. The van der Waals surface area contributed by atoms with E-state index < -0.39 is 18.4 Å². The molecular formula is C11H15N3O4. The van der Waals surface area contributed by atoms with Gasteiger partial charge in [0.2, 0.25) is 5.91 Å². The summed E-state index contributed by atoms with van der Waals surface area (Å²) in [6.07, 6.45) is 0.424. The lowest BCUT2D eigenvalue weighted by atomic mass is 10.1. The summed E-state index contributed by atoms with van der Waals surface area (Å²) in [6.45, 7) is 3.04. The van der Waals surface area contributed by atoms with Gasteiger partial charge in [-0.15, -0.1) is 0 Å². The molecule has 0 aromatic carbocycles. The molecule has 1 rings (SSSR count). The molecular weight excluding hydrogens is 238 g/mol. The molecule has 1 heterocycles. The van der Waals surface area contributed by atoms with Crippen LogP contribution in [-0.2, 0) is 22.4 Å². The first-order chi connectivity index (χ1) is 8.43. The van der Waals surface area contributed by atoms with Crippen molar-refractivity contribution in [2.75, 3.05) is 6.54 Å². The number of carbonyl (C=O) groups excluding carboxylic acids is 1. The van der Waals surface area contributed by atoms with Crippen LogP contribution in [0.4, 0.5) is 0 Å². The molecule has 0 aliphatic carbocycles. The van der Waals surface area contributed by atoms with Gasteiger partial charge in [0.1, 0.15) is 12.4 Å². The van der Waals surface area contributed by atoms with E-state index in [0.29, 0.717) is 17.9 Å². The van der Waals surface area contributed by atoms with E-state index in [2.05, 4.69) is 15.3 Å². The lowest BCUT2D eigenvalue weighted by Crippen LogP contribution is -2.33. The SMILES string of the molecule is CCc1nc(C)c(CC(=O)NCC(=O)O)c(=O)[nH]1. The van der Waals surface area contributed by atoms with Crippen LogP contribution in [0, 0.1) is 6.92 Å². The predicted octanol–water partition coefficient (Wildman–Crippen LogP) is -0.616. The first-order valence-electron chi connectivity index (χ1n) is 5.51. The van der Waals surface area contributed by atoms with Gasteiger partial charge in [-0.25, -0.2) is 4.98 Å². The van der Waals surface area contributed by atoms with Crippen LogP contribution in [0.2, 0.25) is 0 Å². The van der Waals surface area contributed by atoms with E-state index in [1.54, 1.807) is 6.92 Å². The number of carboxylic acids is 1. The van der Waals surface area contributed by atoms with Crippen molar-refractivity contribution in [2.24, 2.45) is 0 Å². The molecule has 0 saturated heterocycles. The van der Waals surface area contributed by atoms with Crippen LogP contribution in [0.25, 0.3) is 0 Å². The monoisotopic (exact) mass is 253 g/mol. The third-order valence-electron chi connectivity index (χ3n) is 2.38. The van der Waals surface area contributed by atoms with Crippen molar-refractivity contribution in [3.05, 3.63) is 27.4 Å². The van der Waals surface area contributed by atoms with Crippen LogP contribution in [-0.4, -0.2) is 33.5 Å². The fraction of sp³-hybridized carbons (Fsp3) is 0.455. The fourth-order valence-electron chi connectivity index (χ4n) is 1.44. The number of nitrogens with one attached hydrogen (secondary N) is 2.